The summed E-state index contributed by atoms with van der Waals surface area (Å²) in [5, 5.41) is 11.3. The van der Waals surface area contributed by atoms with Crippen LogP contribution in [0.25, 0.3) is 0 Å². The highest BCUT2D eigenvalue weighted by Gasteiger charge is 2.09. The Labute approximate surface area is 120 Å². The lowest BCUT2D eigenvalue weighted by molar-refractivity contribution is -0.137. The van der Waals surface area contributed by atoms with E-state index in [-0.39, 0.29) is 18.7 Å². The normalized spacial score (nSPS) is 10.1. The van der Waals surface area contributed by atoms with Crippen LogP contribution >= 0.6 is 15.9 Å². The van der Waals surface area contributed by atoms with Gasteiger partial charge in [0.25, 0.3) is 0 Å². The molecule has 0 atom stereocenters. The van der Waals surface area contributed by atoms with E-state index < -0.39 is 5.97 Å². The van der Waals surface area contributed by atoms with Crippen LogP contribution in [0.15, 0.2) is 22.7 Å². The average molecular weight is 329 g/mol. The van der Waals surface area contributed by atoms with Crippen molar-refractivity contribution < 1.29 is 14.7 Å². The molecule has 0 aromatic heterocycles. The quantitative estimate of drug-likeness (QED) is 0.842. The van der Waals surface area contributed by atoms with Gasteiger partial charge in [0.1, 0.15) is 0 Å². The molecule has 1 amide bonds. The number of carboxylic acid groups (broad SMARTS) is 1. The first kappa shape index (κ1) is 15.5. The summed E-state index contributed by atoms with van der Waals surface area (Å²) >= 11 is 3.36. The predicted octanol–water partition coefficient (Wildman–Crippen LogP) is 2.71. The zero-order valence-corrected chi connectivity index (χ0v) is 12.5. The van der Waals surface area contributed by atoms with Gasteiger partial charge < -0.3 is 15.3 Å². The lowest BCUT2D eigenvalue weighted by Gasteiger charge is -2.18. The first-order chi connectivity index (χ1) is 8.90. The molecule has 0 aliphatic rings. The van der Waals surface area contributed by atoms with Crippen LogP contribution in [0.3, 0.4) is 0 Å². The van der Waals surface area contributed by atoms with Gasteiger partial charge in [0.05, 0.1) is 11.4 Å². The molecule has 0 spiro atoms. The fourth-order valence-corrected chi connectivity index (χ4v) is 1.97. The highest BCUT2D eigenvalue weighted by molar-refractivity contribution is 9.10. The molecule has 5 nitrogen and oxygen atoms in total. The molecular weight excluding hydrogens is 312 g/mol. The molecule has 2 N–H and O–H groups in total. The standard InChI is InChI=1S/C13H17BrN2O3/c1-16(2)11-7-6-9(14)8-10(11)15-12(17)4-3-5-13(18)19/h6-8H,3-5H2,1-2H3,(H,15,17)(H,18,19). The Morgan fingerprint density at radius 1 is 1.32 bits per heavy atom. The summed E-state index contributed by atoms with van der Waals surface area (Å²) in [6.07, 6.45) is 0.546. The maximum absolute atomic E-state index is 11.7. The van der Waals surface area contributed by atoms with Gasteiger partial charge in [-0.1, -0.05) is 15.9 Å². The summed E-state index contributed by atoms with van der Waals surface area (Å²) < 4.78 is 0.874. The number of nitrogens with zero attached hydrogens (tertiary/aromatic N) is 1. The molecule has 0 fully saturated rings. The highest BCUT2D eigenvalue weighted by Crippen LogP contribution is 2.28. The van der Waals surface area contributed by atoms with Crippen molar-refractivity contribution in [1.82, 2.24) is 0 Å². The van der Waals surface area contributed by atoms with E-state index in [1.54, 1.807) is 0 Å². The minimum atomic E-state index is -0.885. The van der Waals surface area contributed by atoms with E-state index in [2.05, 4.69) is 21.2 Å². The van der Waals surface area contributed by atoms with Gasteiger partial charge in [-0.05, 0) is 24.6 Å². The van der Waals surface area contributed by atoms with Crippen LogP contribution in [0, 0.1) is 0 Å². The lowest BCUT2D eigenvalue weighted by atomic mass is 10.2. The number of aliphatic carboxylic acids is 1. The van der Waals surface area contributed by atoms with Gasteiger partial charge in [-0.2, -0.15) is 0 Å². The fourth-order valence-electron chi connectivity index (χ4n) is 1.61. The summed E-state index contributed by atoms with van der Waals surface area (Å²) in [5.74, 6) is -1.06. The Morgan fingerprint density at radius 3 is 2.58 bits per heavy atom. The van der Waals surface area contributed by atoms with Crippen molar-refractivity contribution in [2.75, 3.05) is 24.3 Å². The summed E-state index contributed by atoms with van der Waals surface area (Å²) in [5.41, 5.74) is 1.61. The minimum Gasteiger partial charge on any atom is -0.481 e. The molecule has 0 aliphatic heterocycles. The Balaban J connectivity index is 2.67. The van der Waals surface area contributed by atoms with E-state index >= 15 is 0 Å². The number of anilines is 2. The monoisotopic (exact) mass is 328 g/mol. The van der Waals surface area contributed by atoms with Gasteiger partial charge in [0.15, 0.2) is 0 Å². The maximum Gasteiger partial charge on any atom is 0.303 e. The third kappa shape index (κ3) is 5.30. The van der Waals surface area contributed by atoms with Crippen molar-refractivity contribution in [3.8, 4) is 0 Å². The van der Waals surface area contributed by atoms with Gasteiger partial charge in [0, 0.05) is 31.4 Å². The average Bonchev–Trinajstić information content (AvgIpc) is 2.27. The van der Waals surface area contributed by atoms with Gasteiger partial charge in [-0.25, -0.2) is 0 Å². The number of carbonyl (C=O) groups is 2. The van der Waals surface area contributed by atoms with Crippen molar-refractivity contribution in [3.05, 3.63) is 22.7 Å². The second-order valence-electron chi connectivity index (χ2n) is 4.35. The third-order valence-electron chi connectivity index (χ3n) is 2.51. The molecule has 19 heavy (non-hydrogen) atoms. The summed E-state index contributed by atoms with van der Waals surface area (Å²) in [4.78, 5) is 24.0. The summed E-state index contributed by atoms with van der Waals surface area (Å²) in [6.45, 7) is 0. The van der Waals surface area contributed by atoms with Crippen LogP contribution in [-0.2, 0) is 9.59 Å². The molecule has 1 aromatic rings. The van der Waals surface area contributed by atoms with Crippen LogP contribution in [0.4, 0.5) is 11.4 Å². The van der Waals surface area contributed by atoms with E-state index in [0.717, 1.165) is 10.2 Å². The molecule has 1 aromatic carbocycles. The van der Waals surface area contributed by atoms with E-state index in [4.69, 9.17) is 5.11 Å². The zero-order chi connectivity index (χ0) is 14.4. The van der Waals surface area contributed by atoms with Gasteiger partial charge >= 0.3 is 5.97 Å². The Hall–Kier alpha value is -1.56. The summed E-state index contributed by atoms with van der Waals surface area (Å²) in [6, 6.07) is 5.62. The number of halogens is 1. The molecule has 0 radical (unpaired) electrons. The molecule has 0 heterocycles. The first-order valence-corrected chi connectivity index (χ1v) is 6.68. The number of hydrogen-bond donors (Lipinski definition) is 2. The first-order valence-electron chi connectivity index (χ1n) is 5.88. The molecule has 0 aliphatic carbocycles. The molecule has 0 unspecified atom stereocenters. The molecule has 0 saturated carbocycles. The van der Waals surface area contributed by atoms with E-state index in [1.807, 2.05) is 37.2 Å². The molecular formula is C13H17BrN2O3. The van der Waals surface area contributed by atoms with Gasteiger partial charge in [0.2, 0.25) is 5.91 Å². The Kier molecular flexibility index (Phi) is 5.82. The topological polar surface area (TPSA) is 69.6 Å². The van der Waals surface area contributed by atoms with Crippen molar-refractivity contribution in [2.24, 2.45) is 0 Å². The number of carboxylic acids is 1. The number of nitrogens with one attached hydrogen (secondary N) is 1. The van der Waals surface area contributed by atoms with Gasteiger partial charge in [-0.3, -0.25) is 9.59 Å². The van der Waals surface area contributed by atoms with Crippen molar-refractivity contribution in [3.63, 3.8) is 0 Å². The second kappa shape index (κ2) is 7.13. The lowest BCUT2D eigenvalue weighted by Crippen LogP contribution is -2.16. The van der Waals surface area contributed by atoms with Crippen LogP contribution in [0.5, 0.6) is 0 Å². The van der Waals surface area contributed by atoms with E-state index in [1.165, 1.54) is 0 Å². The number of hydrogen-bond acceptors (Lipinski definition) is 3. The molecule has 6 heteroatoms. The maximum atomic E-state index is 11.7. The Bertz CT molecular complexity index is 475. The number of carbonyl (C=O) groups excluding carboxylic acids is 1. The number of amides is 1. The van der Waals surface area contributed by atoms with E-state index in [0.29, 0.717) is 12.1 Å². The van der Waals surface area contributed by atoms with Crippen LogP contribution in [0.2, 0.25) is 0 Å². The third-order valence-corrected chi connectivity index (χ3v) is 3.00. The Morgan fingerprint density at radius 2 is 2.00 bits per heavy atom. The minimum absolute atomic E-state index is 0.00639. The summed E-state index contributed by atoms with van der Waals surface area (Å²) in [7, 11) is 3.78. The second-order valence-corrected chi connectivity index (χ2v) is 5.27. The number of rotatable bonds is 6. The fraction of sp³-hybridized carbons (Fsp3) is 0.385. The predicted molar refractivity (Wildman–Crippen MR) is 78.6 cm³/mol. The zero-order valence-electron chi connectivity index (χ0n) is 10.9. The van der Waals surface area contributed by atoms with Crippen LogP contribution in [-0.4, -0.2) is 31.1 Å². The highest BCUT2D eigenvalue weighted by atomic mass is 79.9. The van der Waals surface area contributed by atoms with Crippen LogP contribution < -0.4 is 10.2 Å². The number of benzene rings is 1. The SMILES string of the molecule is CN(C)c1ccc(Br)cc1NC(=O)CCCC(=O)O. The van der Waals surface area contributed by atoms with E-state index in [9.17, 15) is 9.59 Å². The van der Waals surface area contributed by atoms with Crippen LogP contribution in [0.1, 0.15) is 19.3 Å². The molecule has 0 saturated heterocycles. The molecule has 0 bridgehead atoms. The largest absolute Gasteiger partial charge is 0.481 e. The molecule has 104 valence electrons. The van der Waals surface area contributed by atoms with Gasteiger partial charge in [-0.15, -0.1) is 0 Å². The smallest absolute Gasteiger partial charge is 0.303 e. The van der Waals surface area contributed by atoms with Crippen molar-refractivity contribution in [2.45, 2.75) is 19.3 Å². The molecule has 1 rings (SSSR count). The van der Waals surface area contributed by atoms with Crippen molar-refractivity contribution >= 4 is 39.2 Å². The van der Waals surface area contributed by atoms with Crippen molar-refractivity contribution in [1.29, 1.82) is 0 Å².